The summed E-state index contributed by atoms with van der Waals surface area (Å²) < 4.78 is 5.23. The number of rotatable bonds is 6. The van der Waals surface area contributed by atoms with E-state index in [-0.39, 0.29) is 0 Å². The van der Waals surface area contributed by atoms with Crippen LogP contribution < -0.4 is 0 Å². The molecule has 0 aliphatic carbocycles. The summed E-state index contributed by atoms with van der Waals surface area (Å²) in [5.41, 5.74) is 4.38. The van der Waals surface area contributed by atoms with Crippen molar-refractivity contribution in [2.45, 2.75) is 68.5 Å². The Balaban J connectivity index is 0. The lowest BCUT2D eigenvalue weighted by Crippen LogP contribution is -2.17. The summed E-state index contributed by atoms with van der Waals surface area (Å²) in [5.74, 6) is 1.59. The largest absolute Gasteiger partial charge is 0.494 e. The van der Waals surface area contributed by atoms with E-state index in [4.69, 9.17) is 10.00 Å². The number of benzene rings is 3. The summed E-state index contributed by atoms with van der Waals surface area (Å²) in [6, 6.07) is 30.2. The Bertz CT molecular complexity index is 957. The maximum Gasteiger partial charge on any atom is 0.113 e. The Morgan fingerprint density at radius 1 is 0.892 bits per heavy atom. The normalized spacial score (nSPS) is 9.03. The molecular weight excluding hydrogens is 452 g/mol. The predicted molar refractivity (Wildman–Crippen MR) is 162 cm³/mol. The van der Waals surface area contributed by atoms with Crippen molar-refractivity contribution in [2.24, 2.45) is 5.92 Å². The second-order valence-electron chi connectivity index (χ2n) is 8.96. The lowest BCUT2D eigenvalue weighted by atomic mass is 10.1. The van der Waals surface area contributed by atoms with Crippen LogP contribution in [-0.2, 0) is 17.9 Å². The standard InChI is InChI=1S/C11H14N2.C10H12O.C7H8.C4H10.C2H6/c1-3-13(2)9-11-7-5-4-6-10(11)8-12;1-9(2)11-8-10-6-4-3-5-7-10;1-7-5-3-2-4-6-7;1-4(2)3;1-2/h4-7H,3,9H2,1-2H3;3-7H,1,8H2,2H3;2-6H,1H3;4H,1-3H3;1-2H3. The second kappa shape index (κ2) is 24.3. The highest BCUT2D eigenvalue weighted by Crippen LogP contribution is 2.09. The molecule has 0 saturated carbocycles. The second-order valence-corrected chi connectivity index (χ2v) is 8.96. The van der Waals surface area contributed by atoms with Crippen molar-refractivity contribution < 1.29 is 4.74 Å². The minimum Gasteiger partial charge on any atom is -0.494 e. The summed E-state index contributed by atoms with van der Waals surface area (Å²) in [7, 11) is 2.05. The highest BCUT2D eigenvalue weighted by atomic mass is 16.5. The first-order chi connectivity index (χ1) is 17.7. The van der Waals surface area contributed by atoms with Gasteiger partial charge in [-0.25, -0.2) is 0 Å². The molecule has 0 bridgehead atoms. The van der Waals surface area contributed by atoms with Gasteiger partial charge >= 0.3 is 0 Å². The molecular formula is C34H50N2O. The molecule has 3 heteroatoms. The summed E-state index contributed by atoms with van der Waals surface area (Å²) >= 11 is 0. The molecule has 0 unspecified atom stereocenters. The van der Waals surface area contributed by atoms with E-state index in [1.54, 1.807) is 0 Å². The molecule has 0 atom stereocenters. The van der Waals surface area contributed by atoms with Crippen LogP contribution in [0.5, 0.6) is 0 Å². The monoisotopic (exact) mass is 502 g/mol. The lowest BCUT2D eigenvalue weighted by molar-refractivity contribution is 0.202. The van der Waals surface area contributed by atoms with Crippen molar-refractivity contribution in [1.82, 2.24) is 4.90 Å². The zero-order valence-corrected chi connectivity index (χ0v) is 24.8. The SMILES string of the molecule is C=C(C)OCc1ccccc1.CC.CC(C)C.CCN(C)Cc1ccccc1C#N.Cc1ccccc1. The van der Waals surface area contributed by atoms with Crippen LogP contribution in [0.3, 0.4) is 0 Å². The third-order valence-electron chi connectivity index (χ3n) is 4.39. The number of allylic oxidation sites excluding steroid dienone is 1. The number of aryl methyl sites for hydroxylation is 1. The fraction of sp³-hybridized carbons (Fsp3) is 0.382. The summed E-state index contributed by atoms with van der Waals surface area (Å²) in [6.45, 7) is 22.7. The molecule has 0 saturated heterocycles. The molecule has 3 aromatic carbocycles. The van der Waals surface area contributed by atoms with Gasteiger partial charge in [-0.3, -0.25) is 0 Å². The van der Waals surface area contributed by atoms with Crippen molar-refractivity contribution in [2.75, 3.05) is 13.6 Å². The van der Waals surface area contributed by atoms with Gasteiger partial charge in [0.1, 0.15) is 6.61 Å². The molecule has 0 amide bonds. The van der Waals surface area contributed by atoms with Gasteiger partial charge in [0.25, 0.3) is 0 Å². The summed E-state index contributed by atoms with van der Waals surface area (Å²) in [5, 5.41) is 8.84. The number of nitriles is 1. The molecule has 0 aliphatic rings. The highest BCUT2D eigenvalue weighted by Gasteiger charge is 2.02. The Morgan fingerprint density at radius 3 is 1.76 bits per heavy atom. The van der Waals surface area contributed by atoms with Gasteiger partial charge in [0, 0.05) is 6.54 Å². The van der Waals surface area contributed by atoms with E-state index in [9.17, 15) is 0 Å². The van der Waals surface area contributed by atoms with E-state index in [0.29, 0.717) is 6.61 Å². The summed E-state index contributed by atoms with van der Waals surface area (Å²) in [6.07, 6.45) is 0. The Hall–Kier alpha value is -3.35. The molecule has 202 valence electrons. The maximum absolute atomic E-state index is 8.84. The molecule has 37 heavy (non-hydrogen) atoms. The number of ether oxygens (including phenoxy) is 1. The quantitative estimate of drug-likeness (QED) is 0.315. The molecule has 3 rings (SSSR count). The Labute approximate surface area is 228 Å². The number of nitrogens with zero attached hydrogens (tertiary/aromatic N) is 2. The first kappa shape index (κ1) is 35.8. The van der Waals surface area contributed by atoms with Crippen LogP contribution >= 0.6 is 0 Å². The third kappa shape index (κ3) is 22.8. The maximum atomic E-state index is 8.84. The van der Waals surface area contributed by atoms with E-state index >= 15 is 0 Å². The van der Waals surface area contributed by atoms with Crippen molar-refractivity contribution in [3.63, 3.8) is 0 Å². The van der Waals surface area contributed by atoms with Gasteiger partial charge in [-0.05, 0) is 50.6 Å². The van der Waals surface area contributed by atoms with Crippen molar-refractivity contribution in [1.29, 1.82) is 5.26 Å². The zero-order chi connectivity index (χ0) is 28.5. The average Bonchev–Trinajstić information content (AvgIpc) is 2.90. The Kier molecular flexibility index (Phi) is 23.6. The number of hydrogen-bond acceptors (Lipinski definition) is 3. The first-order valence-electron chi connectivity index (χ1n) is 13.2. The van der Waals surface area contributed by atoms with Crippen molar-refractivity contribution in [3.8, 4) is 6.07 Å². The minimum atomic E-state index is 0.621. The molecule has 3 nitrogen and oxygen atoms in total. The average molecular weight is 503 g/mol. The van der Waals surface area contributed by atoms with Crippen LogP contribution in [0.4, 0.5) is 0 Å². The molecule has 3 aromatic rings. The topological polar surface area (TPSA) is 36.3 Å². The van der Waals surface area contributed by atoms with Crippen LogP contribution in [0.15, 0.2) is 97.3 Å². The van der Waals surface area contributed by atoms with E-state index in [1.165, 1.54) is 11.1 Å². The highest BCUT2D eigenvalue weighted by molar-refractivity contribution is 5.37. The van der Waals surface area contributed by atoms with E-state index in [1.807, 2.05) is 101 Å². The molecule has 0 fully saturated rings. The lowest BCUT2D eigenvalue weighted by Gasteiger charge is -2.14. The summed E-state index contributed by atoms with van der Waals surface area (Å²) in [4.78, 5) is 2.18. The smallest absolute Gasteiger partial charge is 0.113 e. The van der Waals surface area contributed by atoms with Gasteiger partial charge in [-0.2, -0.15) is 5.26 Å². The van der Waals surface area contributed by atoms with Gasteiger partial charge in [0.2, 0.25) is 0 Å². The molecule has 0 aliphatic heterocycles. The van der Waals surface area contributed by atoms with E-state index in [0.717, 1.165) is 35.9 Å². The van der Waals surface area contributed by atoms with Gasteiger partial charge in [0.15, 0.2) is 0 Å². The third-order valence-corrected chi connectivity index (χ3v) is 4.39. The van der Waals surface area contributed by atoms with Crippen LogP contribution in [0.1, 0.15) is 70.7 Å². The minimum absolute atomic E-state index is 0.621. The molecule has 0 radical (unpaired) electrons. The number of hydrogen-bond donors (Lipinski definition) is 0. The van der Waals surface area contributed by atoms with Gasteiger partial charge in [-0.1, -0.05) is 133 Å². The Morgan fingerprint density at radius 2 is 1.35 bits per heavy atom. The van der Waals surface area contributed by atoms with Crippen molar-refractivity contribution >= 4 is 0 Å². The van der Waals surface area contributed by atoms with Gasteiger partial charge < -0.3 is 9.64 Å². The first-order valence-corrected chi connectivity index (χ1v) is 13.2. The van der Waals surface area contributed by atoms with Crippen LogP contribution in [-0.4, -0.2) is 18.5 Å². The molecule has 0 aromatic heterocycles. The van der Waals surface area contributed by atoms with Crippen LogP contribution in [0.2, 0.25) is 0 Å². The van der Waals surface area contributed by atoms with E-state index < -0.39 is 0 Å². The molecule has 0 spiro atoms. The molecule has 0 N–H and O–H groups in total. The van der Waals surface area contributed by atoms with Gasteiger partial charge in [0.05, 0.1) is 17.4 Å². The van der Waals surface area contributed by atoms with E-state index in [2.05, 4.69) is 64.3 Å². The van der Waals surface area contributed by atoms with Crippen molar-refractivity contribution in [3.05, 3.63) is 120 Å². The van der Waals surface area contributed by atoms with Crippen LogP contribution in [0.25, 0.3) is 0 Å². The fourth-order valence-electron chi connectivity index (χ4n) is 2.49. The molecule has 0 heterocycles. The van der Waals surface area contributed by atoms with Crippen LogP contribution in [0, 0.1) is 24.2 Å². The van der Waals surface area contributed by atoms with Gasteiger partial charge in [-0.15, -0.1) is 0 Å². The zero-order valence-electron chi connectivity index (χ0n) is 24.8. The fourth-order valence-corrected chi connectivity index (χ4v) is 2.49. The predicted octanol–water partition coefficient (Wildman–Crippen LogP) is 9.43.